The van der Waals surface area contributed by atoms with Crippen molar-refractivity contribution in [3.05, 3.63) is 53.2 Å². The summed E-state index contributed by atoms with van der Waals surface area (Å²) in [6, 6.07) is 11.5. The van der Waals surface area contributed by atoms with Crippen molar-refractivity contribution < 1.29 is 0 Å². The van der Waals surface area contributed by atoms with Crippen LogP contribution in [-0.4, -0.2) is 4.98 Å². The number of hydrogen-bond donors (Lipinski definition) is 1. The summed E-state index contributed by atoms with van der Waals surface area (Å²) >= 11 is 5.93. The van der Waals surface area contributed by atoms with Crippen LogP contribution >= 0.6 is 11.6 Å². The molecule has 1 heterocycles. The summed E-state index contributed by atoms with van der Waals surface area (Å²) in [4.78, 5) is 4.32. The molecule has 2 N–H and O–H groups in total. The Morgan fingerprint density at radius 2 is 2.07 bits per heavy atom. The van der Waals surface area contributed by atoms with Gasteiger partial charge in [0.15, 0.2) is 0 Å². The van der Waals surface area contributed by atoms with Crippen LogP contribution < -0.4 is 5.73 Å². The normalized spacial score (nSPS) is 10.3. The largest absolute Gasteiger partial charge is 0.326 e. The Labute approximate surface area is 93.7 Å². The number of nitrogens with zero attached hydrogens (tertiary/aromatic N) is 1. The Kier molecular flexibility index (Phi) is 2.99. The minimum Gasteiger partial charge on any atom is -0.326 e. The van der Waals surface area contributed by atoms with Crippen molar-refractivity contribution in [2.75, 3.05) is 0 Å². The Balaban J connectivity index is 2.53. The van der Waals surface area contributed by atoms with Crippen LogP contribution in [0.3, 0.4) is 0 Å². The van der Waals surface area contributed by atoms with Crippen LogP contribution in [0.1, 0.15) is 5.56 Å². The first kappa shape index (κ1) is 10.1. The highest BCUT2D eigenvalue weighted by atomic mass is 35.5. The lowest BCUT2D eigenvalue weighted by Crippen LogP contribution is -2.00. The zero-order valence-electron chi connectivity index (χ0n) is 8.15. The van der Waals surface area contributed by atoms with Gasteiger partial charge in [0.05, 0.1) is 5.69 Å². The van der Waals surface area contributed by atoms with E-state index >= 15 is 0 Å². The molecule has 15 heavy (non-hydrogen) atoms. The molecule has 3 heteroatoms. The maximum absolute atomic E-state index is 5.93. The molecule has 2 aromatic rings. The molecule has 1 aromatic carbocycles. The van der Waals surface area contributed by atoms with Crippen molar-refractivity contribution >= 4 is 11.6 Å². The number of hydrogen-bond acceptors (Lipinski definition) is 2. The molecular formula is C12H11ClN2. The van der Waals surface area contributed by atoms with E-state index in [1.54, 1.807) is 6.20 Å². The number of benzene rings is 1. The fraction of sp³-hybridized carbons (Fsp3) is 0.0833. The molecular weight excluding hydrogens is 208 g/mol. The van der Waals surface area contributed by atoms with E-state index in [1.807, 2.05) is 36.4 Å². The maximum atomic E-state index is 5.93. The lowest BCUT2D eigenvalue weighted by atomic mass is 10.1. The first-order chi connectivity index (χ1) is 7.31. The number of halogens is 1. The fourth-order valence-corrected chi connectivity index (χ4v) is 1.69. The van der Waals surface area contributed by atoms with Gasteiger partial charge in [0.25, 0.3) is 0 Å². The summed E-state index contributed by atoms with van der Waals surface area (Å²) in [6.07, 6.45) is 1.76. The standard InChI is InChI=1S/C12H11ClN2/c13-11-5-1-3-9(7-11)12-10(8-14)4-2-6-15-12/h1-7H,8,14H2. The molecule has 0 saturated carbocycles. The lowest BCUT2D eigenvalue weighted by Gasteiger charge is -2.06. The number of rotatable bonds is 2. The molecule has 0 atom stereocenters. The second-order valence-corrected chi connectivity index (χ2v) is 3.66. The van der Waals surface area contributed by atoms with E-state index in [0.717, 1.165) is 16.8 Å². The third-order valence-corrected chi connectivity index (χ3v) is 2.44. The van der Waals surface area contributed by atoms with Gasteiger partial charge in [0.2, 0.25) is 0 Å². The highest BCUT2D eigenvalue weighted by molar-refractivity contribution is 6.30. The van der Waals surface area contributed by atoms with Crippen molar-refractivity contribution in [3.63, 3.8) is 0 Å². The molecule has 0 aliphatic heterocycles. The van der Waals surface area contributed by atoms with Gasteiger partial charge in [0, 0.05) is 23.3 Å². The summed E-state index contributed by atoms with van der Waals surface area (Å²) in [5.41, 5.74) is 8.59. The molecule has 0 amide bonds. The van der Waals surface area contributed by atoms with Gasteiger partial charge in [-0.25, -0.2) is 0 Å². The zero-order chi connectivity index (χ0) is 10.7. The van der Waals surface area contributed by atoms with Crippen molar-refractivity contribution in [2.24, 2.45) is 5.73 Å². The highest BCUT2D eigenvalue weighted by Gasteiger charge is 2.04. The number of pyridine rings is 1. The van der Waals surface area contributed by atoms with Crippen LogP contribution in [0.5, 0.6) is 0 Å². The molecule has 0 aliphatic carbocycles. The van der Waals surface area contributed by atoms with Gasteiger partial charge in [0.1, 0.15) is 0 Å². The molecule has 0 radical (unpaired) electrons. The van der Waals surface area contributed by atoms with Crippen molar-refractivity contribution in [1.29, 1.82) is 0 Å². The average molecular weight is 219 g/mol. The molecule has 0 bridgehead atoms. The van der Waals surface area contributed by atoms with Crippen LogP contribution in [0.2, 0.25) is 5.02 Å². The minimum absolute atomic E-state index is 0.482. The highest BCUT2D eigenvalue weighted by Crippen LogP contribution is 2.23. The van der Waals surface area contributed by atoms with Gasteiger partial charge in [-0.1, -0.05) is 29.8 Å². The Morgan fingerprint density at radius 3 is 2.80 bits per heavy atom. The summed E-state index contributed by atoms with van der Waals surface area (Å²) in [5, 5.41) is 0.709. The molecule has 2 rings (SSSR count). The maximum Gasteiger partial charge on any atom is 0.0747 e. The number of nitrogens with two attached hydrogens (primary N) is 1. The molecule has 0 saturated heterocycles. The predicted molar refractivity (Wildman–Crippen MR) is 62.6 cm³/mol. The summed E-state index contributed by atoms with van der Waals surface area (Å²) in [7, 11) is 0. The van der Waals surface area contributed by atoms with E-state index in [-0.39, 0.29) is 0 Å². The van der Waals surface area contributed by atoms with Crippen LogP contribution in [0, 0.1) is 0 Å². The molecule has 0 spiro atoms. The average Bonchev–Trinajstić information content (AvgIpc) is 2.29. The van der Waals surface area contributed by atoms with Crippen LogP contribution in [0.15, 0.2) is 42.6 Å². The first-order valence-corrected chi connectivity index (χ1v) is 5.09. The van der Waals surface area contributed by atoms with Crippen molar-refractivity contribution in [2.45, 2.75) is 6.54 Å². The van der Waals surface area contributed by atoms with E-state index in [2.05, 4.69) is 4.98 Å². The lowest BCUT2D eigenvalue weighted by molar-refractivity contribution is 1.05. The number of aromatic nitrogens is 1. The second-order valence-electron chi connectivity index (χ2n) is 3.23. The van der Waals surface area contributed by atoms with E-state index in [9.17, 15) is 0 Å². The third kappa shape index (κ3) is 2.17. The molecule has 2 nitrogen and oxygen atoms in total. The van der Waals surface area contributed by atoms with E-state index in [0.29, 0.717) is 11.6 Å². The zero-order valence-corrected chi connectivity index (χ0v) is 8.91. The van der Waals surface area contributed by atoms with E-state index in [4.69, 9.17) is 17.3 Å². The van der Waals surface area contributed by atoms with Gasteiger partial charge in [-0.3, -0.25) is 4.98 Å². The van der Waals surface area contributed by atoms with Crippen molar-refractivity contribution in [3.8, 4) is 11.3 Å². The van der Waals surface area contributed by atoms with E-state index in [1.165, 1.54) is 0 Å². The van der Waals surface area contributed by atoms with Crippen LogP contribution in [0.4, 0.5) is 0 Å². The smallest absolute Gasteiger partial charge is 0.0747 e. The van der Waals surface area contributed by atoms with Gasteiger partial charge in [-0.15, -0.1) is 0 Å². The fourth-order valence-electron chi connectivity index (χ4n) is 1.50. The summed E-state index contributed by atoms with van der Waals surface area (Å²) < 4.78 is 0. The minimum atomic E-state index is 0.482. The Hall–Kier alpha value is -1.38. The SMILES string of the molecule is NCc1cccnc1-c1cccc(Cl)c1. The molecule has 0 unspecified atom stereocenters. The monoisotopic (exact) mass is 218 g/mol. The summed E-state index contributed by atoms with van der Waals surface area (Å²) in [5.74, 6) is 0. The Morgan fingerprint density at radius 1 is 1.20 bits per heavy atom. The van der Waals surface area contributed by atoms with Gasteiger partial charge in [-0.2, -0.15) is 0 Å². The second kappa shape index (κ2) is 4.43. The van der Waals surface area contributed by atoms with Gasteiger partial charge < -0.3 is 5.73 Å². The van der Waals surface area contributed by atoms with Crippen LogP contribution in [0.25, 0.3) is 11.3 Å². The van der Waals surface area contributed by atoms with Gasteiger partial charge >= 0.3 is 0 Å². The van der Waals surface area contributed by atoms with Crippen LogP contribution in [-0.2, 0) is 6.54 Å². The quantitative estimate of drug-likeness (QED) is 0.842. The van der Waals surface area contributed by atoms with Crippen molar-refractivity contribution in [1.82, 2.24) is 4.98 Å². The molecule has 0 aliphatic rings. The predicted octanol–water partition coefficient (Wildman–Crippen LogP) is 2.86. The van der Waals surface area contributed by atoms with Gasteiger partial charge in [-0.05, 0) is 23.8 Å². The van der Waals surface area contributed by atoms with E-state index < -0.39 is 0 Å². The molecule has 76 valence electrons. The third-order valence-electron chi connectivity index (χ3n) is 2.21. The first-order valence-electron chi connectivity index (χ1n) is 4.71. The molecule has 1 aromatic heterocycles. The summed E-state index contributed by atoms with van der Waals surface area (Å²) in [6.45, 7) is 0.482. The topological polar surface area (TPSA) is 38.9 Å². The Bertz CT molecular complexity index is 469. The molecule has 0 fully saturated rings.